The summed E-state index contributed by atoms with van der Waals surface area (Å²) < 4.78 is 11.3. The maximum Gasteiger partial charge on any atom is 0.328 e. The molecule has 0 radical (unpaired) electrons. The SMILES string of the molecule is CC(C)(S)CNCC(CNC1(c2ccc(Oc3ccc(Br)cc3)cc2)C(=O)NC(=O)NC1=O)NCC(C)(C)S.O=C1NC(=O)C(Br)(c2ccc(Oc3ccc(Br)cc3)cc2)C(=O)N1. The van der Waals surface area contributed by atoms with Gasteiger partial charge in [-0.05, 0) is 112 Å². The molecule has 0 aromatic heterocycles. The van der Waals surface area contributed by atoms with Crippen LogP contribution in [0.25, 0.3) is 0 Å². The molecule has 334 valence electrons. The predicted molar refractivity (Wildman–Crippen MR) is 256 cm³/mol. The van der Waals surface area contributed by atoms with Crippen LogP contribution in [0.15, 0.2) is 106 Å². The van der Waals surface area contributed by atoms with Crippen LogP contribution in [0.1, 0.15) is 38.8 Å². The molecule has 2 fully saturated rings. The van der Waals surface area contributed by atoms with E-state index in [1.54, 1.807) is 60.7 Å². The number of rotatable bonds is 16. The van der Waals surface area contributed by atoms with Crippen LogP contribution in [0.5, 0.6) is 23.0 Å². The van der Waals surface area contributed by atoms with E-state index in [1.807, 2.05) is 64.1 Å². The lowest BCUT2D eigenvalue weighted by Gasteiger charge is -2.37. The Morgan fingerprint density at radius 2 is 0.921 bits per heavy atom. The molecule has 4 aromatic carbocycles. The first-order valence-corrected chi connectivity index (χ1v) is 22.6. The minimum Gasteiger partial charge on any atom is -0.457 e. The van der Waals surface area contributed by atoms with E-state index < -0.39 is 45.6 Å². The molecule has 0 aliphatic carbocycles. The van der Waals surface area contributed by atoms with E-state index in [2.05, 4.69) is 110 Å². The maximum atomic E-state index is 13.3. The van der Waals surface area contributed by atoms with Crippen molar-refractivity contribution in [1.29, 1.82) is 0 Å². The van der Waals surface area contributed by atoms with Crippen molar-refractivity contribution in [2.75, 3.05) is 26.2 Å². The second kappa shape index (κ2) is 21.1. The quantitative estimate of drug-likeness (QED) is 0.0334. The highest BCUT2D eigenvalue weighted by atomic mass is 79.9. The lowest BCUT2D eigenvalue weighted by Crippen LogP contribution is -2.71. The Morgan fingerprint density at radius 1 is 0.556 bits per heavy atom. The molecule has 20 heteroatoms. The molecule has 2 aliphatic rings. The van der Waals surface area contributed by atoms with E-state index in [0.717, 1.165) is 8.95 Å². The van der Waals surface area contributed by atoms with Crippen molar-refractivity contribution in [1.82, 2.24) is 37.2 Å². The minimum atomic E-state index is -1.83. The Labute approximate surface area is 400 Å². The number of benzene rings is 4. The Morgan fingerprint density at radius 3 is 1.32 bits per heavy atom. The number of carbonyl (C=O) groups is 6. The van der Waals surface area contributed by atoms with Gasteiger partial charge in [-0.25, -0.2) is 9.59 Å². The molecule has 2 heterocycles. The standard InChI is InChI=1S/C27H36BrN5O4S2.C16H10Br2N2O4/c1-25(2,38)15-29-13-19(30-16-26(3,4)39)14-31-27(22(34)32-24(36)33-23(27)35)17-5-9-20(10-6-17)37-21-11-7-18(28)8-12-21;17-10-3-7-12(8-4-10)24-11-5-1-9(2-6-11)16(18)13(21)19-15(23)20-14(16)22/h5-12,19,29-31,38-39H,13-16H2,1-4H3,(H2,32,33,34,35,36);1-8H,(H2,19,20,21,22,23). The number of hydrogen-bond donors (Lipinski definition) is 9. The Hall–Kier alpha value is -4.28. The van der Waals surface area contributed by atoms with Crippen molar-refractivity contribution in [2.45, 2.75) is 53.1 Å². The monoisotopic (exact) mass is 1090 g/mol. The fourth-order valence-electron chi connectivity index (χ4n) is 6.07. The van der Waals surface area contributed by atoms with Crippen LogP contribution in [0.3, 0.4) is 0 Å². The molecular formula is C43H46Br3N7O8S2. The molecule has 6 rings (SSSR count). The van der Waals surface area contributed by atoms with Crippen molar-refractivity contribution in [3.05, 3.63) is 117 Å². The van der Waals surface area contributed by atoms with Gasteiger partial charge in [0.1, 0.15) is 23.0 Å². The van der Waals surface area contributed by atoms with Crippen molar-refractivity contribution >= 4 is 109 Å². The van der Waals surface area contributed by atoms with Gasteiger partial charge in [0.2, 0.25) is 9.86 Å². The van der Waals surface area contributed by atoms with E-state index in [1.165, 1.54) is 0 Å². The summed E-state index contributed by atoms with van der Waals surface area (Å²) in [6.45, 7) is 10.0. The molecule has 2 saturated heterocycles. The summed E-state index contributed by atoms with van der Waals surface area (Å²) in [5.41, 5.74) is -1.08. The van der Waals surface area contributed by atoms with Crippen LogP contribution in [-0.2, 0) is 29.0 Å². The van der Waals surface area contributed by atoms with Gasteiger partial charge in [0.15, 0.2) is 0 Å². The zero-order valence-electron chi connectivity index (χ0n) is 34.4. The third-order valence-electron chi connectivity index (χ3n) is 9.24. The topological polar surface area (TPSA) is 205 Å². The van der Waals surface area contributed by atoms with E-state index in [-0.39, 0.29) is 22.1 Å². The number of halogens is 3. The van der Waals surface area contributed by atoms with Gasteiger partial charge < -0.3 is 20.1 Å². The first-order chi connectivity index (χ1) is 29.6. The smallest absolute Gasteiger partial charge is 0.328 e. The summed E-state index contributed by atoms with van der Waals surface area (Å²) in [7, 11) is 0. The van der Waals surface area contributed by atoms with Crippen molar-refractivity contribution in [3.63, 3.8) is 0 Å². The molecule has 8 amide bonds. The van der Waals surface area contributed by atoms with E-state index >= 15 is 0 Å². The number of thiol groups is 2. The zero-order chi connectivity index (χ0) is 46.2. The van der Waals surface area contributed by atoms with Gasteiger partial charge in [-0.2, -0.15) is 25.3 Å². The van der Waals surface area contributed by atoms with Crippen molar-refractivity contribution in [3.8, 4) is 23.0 Å². The molecule has 0 bridgehead atoms. The van der Waals surface area contributed by atoms with Crippen LogP contribution in [0, 0.1) is 0 Å². The molecule has 2 aliphatic heterocycles. The van der Waals surface area contributed by atoms with E-state index in [9.17, 15) is 28.8 Å². The van der Waals surface area contributed by atoms with Crippen LogP contribution < -0.4 is 46.7 Å². The summed E-state index contributed by atoms with van der Waals surface area (Å²) in [6.07, 6.45) is 0. The molecule has 1 unspecified atom stereocenters. The molecular weight excluding hydrogens is 1050 g/mol. The third kappa shape index (κ3) is 13.6. The highest BCUT2D eigenvalue weighted by Crippen LogP contribution is 2.35. The third-order valence-corrected chi connectivity index (χ3v) is 11.8. The fraction of sp³-hybridized carbons (Fsp3) is 0.302. The van der Waals surface area contributed by atoms with Crippen LogP contribution in [0.4, 0.5) is 9.59 Å². The summed E-state index contributed by atoms with van der Waals surface area (Å²) in [6, 6.07) is 25.8. The van der Waals surface area contributed by atoms with Gasteiger partial charge >= 0.3 is 12.1 Å². The number of urea groups is 2. The number of imide groups is 4. The van der Waals surface area contributed by atoms with E-state index in [0.29, 0.717) is 53.8 Å². The van der Waals surface area contributed by atoms with Gasteiger partial charge in [0.05, 0.1) is 0 Å². The average Bonchev–Trinajstić information content (AvgIpc) is 3.20. The number of carbonyl (C=O) groups excluding carboxylic acids is 6. The maximum absolute atomic E-state index is 13.3. The second-order valence-corrected chi connectivity index (χ2v) is 21.2. The molecule has 0 spiro atoms. The van der Waals surface area contributed by atoms with Gasteiger partial charge in [0.25, 0.3) is 23.6 Å². The number of nitrogens with one attached hydrogen (secondary N) is 7. The lowest BCUT2D eigenvalue weighted by atomic mass is 9.86. The predicted octanol–water partition coefficient (Wildman–Crippen LogP) is 6.55. The molecule has 4 aromatic rings. The number of alkyl halides is 1. The van der Waals surface area contributed by atoms with E-state index in [4.69, 9.17) is 9.47 Å². The lowest BCUT2D eigenvalue weighted by molar-refractivity contribution is -0.140. The summed E-state index contributed by atoms with van der Waals surface area (Å²) in [5, 5.41) is 18.6. The average molecular weight is 1090 g/mol. The highest BCUT2D eigenvalue weighted by Gasteiger charge is 2.52. The first-order valence-electron chi connectivity index (χ1n) is 19.3. The zero-order valence-corrected chi connectivity index (χ0v) is 41.0. The number of amides is 8. The molecule has 63 heavy (non-hydrogen) atoms. The number of hydrogen-bond acceptors (Lipinski definition) is 13. The Bertz CT molecular complexity index is 2270. The molecule has 15 nitrogen and oxygen atoms in total. The van der Waals surface area contributed by atoms with Crippen LogP contribution >= 0.6 is 73.0 Å². The molecule has 0 saturated carbocycles. The van der Waals surface area contributed by atoms with Crippen LogP contribution in [-0.4, -0.2) is 77.4 Å². The first kappa shape index (κ1) is 49.7. The van der Waals surface area contributed by atoms with Gasteiger partial charge in [-0.15, -0.1) is 0 Å². The van der Waals surface area contributed by atoms with Crippen molar-refractivity contribution < 1.29 is 38.2 Å². The number of barbiturate groups is 2. The second-order valence-electron chi connectivity index (χ2n) is 15.8. The van der Waals surface area contributed by atoms with Gasteiger partial charge in [0, 0.05) is 50.7 Å². The molecule has 7 N–H and O–H groups in total. The normalized spacial score (nSPS) is 16.4. The Balaban J connectivity index is 0.000000265. The van der Waals surface area contributed by atoms with Crippen molar-refractivity contribution in [2.24, 2.45) is 0 Å². The summed E-state index contributed by atoms with van der Waals surface area (Å²) in [4.78, 5) is 73.8. The fourth-order valence-corrected chi connectivity index (χ4v) is 7.26. The van der Waals surface area contributed by atoms with Gasteiger partial charge in [-0.3, -0.25) is 45.8 Å². The summed E-state index contributed by atoms with van der Waals surface area (Å²) in [5.74, 6) is -0.626. The summed E-state index contributed by atoms with van der Waals surface area (Å²) >= 11 is 19.0. The van der Waals surface area contributed by atoms with Gasteiger partial charge in [-0.1, -0.05) is 72.1 Å². The minimum absolute atomic E-state index is 0.178. The largest absolute Gasteiger partial charge is 0.457 e. The van der Waals surface area contributed by atoms with Crippen LogP contribution in [0.2, 0.25) is 0 Å². The molecule has 1 atom stereocenters. The number of ether oxygens (including phenoxy) is 2. The highest BCUT2D eigenvalue weighted by molar-refractivity contribution is 9.11. The Kier molecular flexibility index (Phi) is 16.7.